The third-order valence-electron chi connectivity index (χ3n) is 16.7. The Morgan fingerprint density at radius 3 is 1.71 bits per heavy atom. The Labute approximate surface area is 467 Å². The predicted molar refractivity (Wildman–Crippen MR) is 305 cm³/mol. The molecule has 1 saturated heterocycles. The average Bonchev–Trinajstić information content (AvgIpc) is 3.99. The highest BCUT2D eigenvalue weighted by atomic mass is 16.2. The number of nitrogens with zero attached hydrogens (tertiary/aromatic N) is 3. The molecule has 4 aromatic carbocycles. The molecule has 0 spiro atoms. The van der Waals surface area contributed by atoms with Crippen LogP contribution in [0.1, 0.15) is 149 Å². The van der Waals surface area contributed by atoms with Crippen molar-refractivity contribution in [1.82, 2.24) is 46.6 Å². The molecule has 0 aromatic heterocycles. The van der Waals surface area contributed by atoms with Gasteiger partial charge in [0.1, 0.15) is 24.2 Å². The van der Waals surface area contributed by atoms with Gasteiger partial charge in [0.15, 0.2) is 0 Å². The minimum absolute atomic E-state index is 0.0507. The van der Waals surface area contributed by atoms with Crippen molar-refractivity contribution in [1.29, 1.82) is 0 Å². The second-order valence-electron chi connectivity index (χ2n) is 24.4. The van der Waals surface area contributed by atoms with Gasteiger partial charge in [0, 0.05) is 37.7 Å². The lowest BCUT2D eigenvalue weighted by Gasteiger charge is -2.44. The summed E-state index contributed by atoms with van der Waals surface area (Å²) in [6, 6.07) is 25.4. The summed E-state index contributed by atoms with van der Waals surface area (Å²) in [6.45, 7) is 15.3. The van der Waals surface area contributed by atoms with E-state index in [1.807, 2.05) is 113 Å². The van der Waals surface area contributed by atoms with Crippen molar-refractivity contribution in [2.45, 2.75) is 174 Å². The van der Waals surface area contributed by atoms with Gasteiger partial charge in [0.25, 0.3) is 5.91 Å². The SMILES string of the molecule is CNC(C)C(=O)NC(C(=O)N1Cc2ccccc2CC1C(=O)N(Cc1ccc(C(=O)N[C@H]2C[C@@H](C(=O)N[C@@H]3CCCc4ccccc43)N(C(=O)C(NC(=O)C(C)NC)C(C)(C)C)C2)cc1)[C@H]1CCCc2ccccc21)C(C)(C)C. The molecule has 2 aliphatic heterocycles. The van der Waals surface area contributed by atoms with Gasteiger partial charge in [-0.15, -0.1) is 0 Å². The molecule has 8 rings (SSSR count). The van der Waals surface area contributed by atoms with E-state index < -0.39 is 59.0 Å². The number of amides is 7. The van der Waals surface area contributed by atoms with Gasteiger partial charge in [-0.05, 0) is 135 Å². The molecular weight excluding hydrogens is 995 g/mol. The smallest absolute Gasteiger partial charge is 0.251 e. The molecular formula is C63H83N9O7. The van der Waals surface area contributed by atoms with E-state index in [2.05, 4.69) is 50.1 Å². The fourth-order valence-corrected chi connectivity index (χ4v) is 11.8. The number of rotatable bonds is 16. The number of hydrogen-bond donors (Lipinski definition) is 6. The highest BCUT2D eigenvalue weighted by molar-refractivity contribution is 5.97. The minimum atomic E-state index is -0.963. The fourth-order valence-electron chi connectivity index (χ4n) is 11.8. The number of fused-ring (bicyclic) bond motifs is 3. The molecule has 9 atom stereocenters. The highest BCUT2D eigenvalue weighted by Crippen LogP contribution is 2.38. The molecule has 6 N–H and O–H groups in total. The first-order valence-electron chi connectivity index (χ1n) is 28.4. The van der Waals surface area contributed by atoms with Crippen LogP contribution in [0.15, 0.2) is 97.1 Å². The molecule has 4 aromatic rings. The average molecular weight is 1080 g/mol. The summed E-state index contributed by atoms with van der Waals surface area (Å²) >= 11 is 0. The molecule has 2 heterocycles. The van der Waals surface area contributed by atoms with Gasteiger partial charge < -0.3 is 46.6 Å². The lowest BCUT2D eigenvalue weighted by Crippen LogP contribution is -2.62. The van der Waals surface area contributed by atoms with Gasteiger partial charge in [0.05, 0.1) is 24.2 Å². The zero-order valence-electron chi connectivity index (χ0n) is 47.9. The van der Waals surface area contributed by atoms with Crippen molar-refractivity contribution in [2.75, 3.05) is 20.6 Å². The maximum atomic E-state index is 15.8. The maximum Gasteiger partial charge on any atom is 0.251 e. The monoisotopic (exact) mass is 1080 g/mol. The van der Waals surface area contributed by atoms with E-state index in [4.69, 9.17) is 0 Å². The molecule has 2 aliphatic carbocycles. The lowest BCUT2D eigenvalue weighted by atomic mass is 9.83. The van der Waals surface area contributed by atoms with Crippen LogP contribution in [0.5, 0.6) is 0 Å². The zero-order valence-corrected chi connectivity index (χ0v) is 47.9. The first-order valence-corrected chi connectivity index (χ1v) is 28.4. The molecule has 16 heteroatoms. The van der Waals surface area contributed by atoms with Crippen LogP contribution in [0.4, 0.5) is 0 Å². The summed E-state index contributed by atoms with van der Waals surface area (Å²) in [6.07, 6.45) is 5.51. The van der Waals surface area contributed by atoms with Crippen molar-refractivity contribution in [3.63, 3.8) is 0 Å². The normalized spacial score (nSPS) is 21.4. The maximum absolute atomic E-state index is 15.8. The van der Waals surface area contributed by atoms with E-state index in [1.54, 1.807) is 45.0 Å². The largest absolute Gasteiger partial charge is 0.347 e. The van der Waals surface area contributed by atoms with Crippen LogP contribution >= 0.6 is 0 Å². The number of nitrogens with one attached hydrogen (secondary N) is 6. The van der Waals surface area contributed by atoms with E-state index >= 15 is 9.59 Å². The van der Waals surface area contributed by atoms with Gasteiger partial charge in [-0.25, -0.2) is 0 Å². The molecule has 422 valence electrons. The first-order chi connectivity index (χ1) is 37.6. The Balaban J connectivity index is 1.06. The zero-order chi connectivity index (χ0) is 56.9. The lowest BCUT2D eigenvalue weighted by molar-refractivity contribution is -0.152. The second-order valence-corrected chi connectivity index (χ2v) is 24.4. The summed E-state index contributed by atoms with van der Waals surface area (Å²) in [4.78, 5) is 106. The van der Waals surface area contributed by atoms with Crippen LogP contribution in [-0.4, -0.2) is 119 Å². The number of carbonyl (C=O) groups excluding carboxylic acids is 7. The number of aryl methyl sites for hydroxylation is 2. The van der Waals surface area contributed by atoms with Crippen LogP contribution in [-0.2, 0) is 61.1 Å². The van der Waals surface area contributed by atoms with Crippen molar-refractivity contribution in [3.05, 3.63) is 142 Å². The Morgan fingerprint density at radius 1 is 0.608 bits per heavy atom. The van der Waals surface area contributed by atoms with E-state index in [-0.39, 0.29) is 73.6 Å². The van der Waals surface area contributed by atoms with E-state index in [0.29, 0.717) is 12.0 Å². The Hall–Kier alpha value is -6.91. The molecule has 0 radical (unpaired) electrons. The number of carbonyl (C=O) groups is 7. The van der Waals surface area contributed by atoms with Crippen molar-refractivity contribution in [2.24, 2.45) is 10.8 Å². The van der Waals surface area contributed by atoms with Crippen molar-refractivity contribution >= 4 is 41.4 Å². The van der Waals surface area contributed by atoms with E-state index in [1.165, 1.54) is 16.0 Å². The summed E-state index contributed by atoms with van der Waals surface area (Å²) in [7, 11) is 3.37. The molecule has 79 heavy (non-hydrogen) atoms. The Morgan fingerprint density at radius 2 is 1.13 bits per heavy atom. The quantitative estimate of drug-likeness (QED) is 0.0754. The van der Waals surface area contributed by atoms with Gasteiger partial charge in [-0.2, -0.15) is 0 Å². The Kier molecular flexibility index (Phi) is 18.2. The van der Waals surface area contributed by atoms with Crippen LogP contribution in [0, 0.1) is 10.8 Å². The third kappa shape index (κ3) is 13.2. The number of likely N-dealkylation sites (tertiary alicyclic amines) is 1. The molecule has 4 aliphatic rings. The number of hydrogen-bond acceptors (Lipinski definition) is 9. The summed E-state index contributed by atoms with van der Waals surface area (Å²) in [5, 5.41) is 18.3. The van der Waals surface area contributed by atoms with Gasteiger partial charge in [-0.1, -0.05) is 126 Å². The van der Waals surface area contributed by atoms with Crippen LogP contribution in [0.25, 0.3) is 0 Å². The van der Waals surface area contributed by atoms with Crippen LogP contribution in [0.2, 0.25) is 0 Å². The summed E-state index contributed by atoms with van der Waals surface area (Å²) in [5.41, 5.74) is 6.16. The van der Waals surface area contributed by atoms with Crippen molar-refractivity contribution < 1.29 is 33.6 Å². The minimum Gasteiger partial charge on any atom is -0.347 e. The molecule has 7 amide bonds. The topological polar surface area (TPSA) is 201 Å². The summed E-state index contributed by atoms with van der Waals surface area (Å²) < 4.78 is 0. The molecule has 0 saturated carbocycles. The first kappa shape index (κ1) is 58.2. The number of benzene rings is 4. The Bertz CT molecular complexity index is 2890. The summed E-state index contributed by atoms with van der Waals surface area (Å²) in [5.74, 6) is -2.29. The second kappa shape index (κ2) is 24.6. The fraction of sp³-hybridized carbons (Fsp3) is 0.508. The predicted octanol–water partition coefficient (Wildman–Crippen LogP) is 6.22. The highest BCUT2D eigenvalue weighted by Gasteiger charge is 2.47. The number of likely N-dealkylation sites (N-methyl/N-ethyl adjacent to an activating group) is 2. The third-order valence-corrected chi connectivity index (χ3v) is 16.7. The van der Waals surface area contributed by atoms with Crippen LogP contribution in [0.3, 0.4) is 0 Å². The standard InChI is InChI=1S/C63H83N9O7/c1-38(64-9)55(73)68-53(62(3,4)5)60(78)71-36-45-22-12-11-21-44(45)33-52(71)59(77)70(50-28-18-24-42-20-14-16-26-48(42)50)35-40-29-31-43(32-30-40)57(75)66-46-34-51(58(76)67-49-27-17-23-41-19-13-15-25-47(41)49)72(37-46)61(79)54(63(6,7)8)69-56(74)39(2)65-10/h11-16,19-22,25-26,29-32,38-39,46,49-54,64-65H,17-18,23-24,27-28,33-37H2,1-10H3,(H,66,75)(H,67,76)(H,68,73)(H,69,74)/t38?,39?,46-,49+,50-,51-,52?,53?,54?/m0/s1. The van der Waals surface area contributed by atoms with E-state index in [9.17, 15) is 24.0 Å². The van der Waals surface area contributed by atoms with Gasteiger partial charge in [-0.3, -0.25) is 33.6 Å². The molecule has 0 bridgehead atoms. The van der Waals surface area contributed by atoms with Gasteiger partial charge >= 0.3 is 0 Å². The van der Waals surface area contributed by atoms with Crippen LogP contribution < -0.4 is 31.9 Å². The molecule has 16 nitrogen and oxygen atoms in total. The molecule has 5 unspecified atom stereocenters. The van der Waals surface area contributed by atoms with Gasteiger partial charge in [0.2, 0.25) is 35.4 Å². The molecule has 1 fully saturated rings. The van der Waals surface area contributed by atoms with Crippen molar-refractivity contribution in [3.8, 4) is 0 Å². The van der Waals surface area contributed by atoms with E-state index in [0.717, 1.165) is 66.3 Å².